The molecule has 2 heterocycles. The Morgan fingerprint density at radius 2 is 1.74 bits per heavy atom. The van der Waals surface area contributed by atoms with Gasteiger partial charge in [0.05, 0.1) is 6.54 Å². The minimum Gasteiger partial charge on any atom is -0.444 e. The zero-order chi connectivity index (χ0) is 24.9. The summed E-state index contributed by atoms with van der Waals surface area (Å²) >= 11 is 0. The van der Waals surface area contributed by atoms with Crippen LogP contribution in [0.15, 0.2) is 48.5 Å². The molecule has 5 nitrogen and oxygen atoms in total. The molecule has 0 aliphatic rings. The van der Waals surface area contributed by atoms with Gasteiger partial charge in [-0.25, -0.2) is 9.78 Å². The highest BCUT2D eigenvalue weighted by Crippen LogP contribution is 2.18. The average Bonchev–Trinajstić information content (AvgIpc) is 3.09. The van der Waals surface area contributed by atoms with Crippen molar-refractivity contribution < 1.29 is 9.53 Å². The van der Waals surface area contributed by atoms with Gasteiger partial charge in [0, 0.05) is 29.7 Å². The van der Waals surface area contributed by atoms with Gasteiger partial charge < -0.3 is 14.2 Å². The SMILES string of the molecule is Cc1cc(CCc2cccc(C#CCN(C)C(=O)OC(C)(C)C)c2)nc(-n2c(C)ccc2C)c1. The molecular weight excluding hydrogens is 422 g/mol. The van der Waals surface area contributed by atoms with E-state index in [0.29, 0.717) is 6.54 Å². The molecule has 3 rings (SSSR count). The van der Waals surface area contributed by atoms with E-state index in [0.717, 1.165) is 29.9 Å². The summed E-state index contributed by atoms with van der Waals surface area (Å²) in [6.45, 7) is 12.2. The average molecular weight is 458 g/mol. The molecule has 0 fully saturated rings. The fraction of sp³-hybridized carbons (Fsp3) is 0.379. The van der Waals surface area contributed by atoms with E-state index in [1.165, 1.54) is 27.4 Å². The predicted octanol–water partition coefficient (Wildman–Crippen LogP) is 5.80. The number of carbonyl (C=O) groups is 1. The quantitative estimate of drug-likeness (QED) is 0.455. The Bertz CT molecular complexity index is 1200. The molecule has 0 aliphatic carbocycles. The Morgan fingerprint density at radius 1 is 1.03 bits per heavy atom. The summed E-state index contributed by atoms with van der Waals surface area (Å²) in [5.74, 6) is 7.21. The molecule has 0 N–H and O–H groups in total. The molecule has 34 heavy (non-hydrogen) atoms. The third kappa shape index (κ3) is 6.99. The molecule has 0 saturated heterocycles. The third-order valence-corrected chi connectivity index (χ3v) is 5.36. The normalized spacial score (nSPS) is 11.0. The Kier molecular flexibility index (Phi) is 7.83. The Balaban J connectivity index is 1.65. The monoisotopic (exact) mass is 457 g/mol. The van der Waals surface area contributed by atoms with Gasteiger partial charge in [-0.1, -0.05) is 24.0 Å². The van der Waals surface area contributed by atoms with Gasteiger partial charge in [0.2, 0.25) is 0 Å². The van der Waals surface area contributed by atoms with Crippen LogP contribution in [0.1, 0.15) is 54.5 Å². The fourth-order valence-corrected chi connectivity index (χ4v) is 3.73. The van der Waals surface area contributed by atoms with Gasteiger partial charge in [0.1, 0.15) is 11.4 Å². The number of aromatic nitrogens is 2. The van der Waals surface area contributed by atoms with E-state index in [1.807, 2.05) is 32.9 Å². The van der Waals surface area contributed by atoms with Gasteiger partial charge in [0.15, 0.2) is 0 Å². The van der Waals surface area contributed by atoms with E-state index in [2.05, 4.69) is 73.6 Å². The molecule has 0 aliphatic heterocycles. The summed E-state index contributed by atoms with van der Waals surface area (Å²) in [4.78, 5) is 18.5. The topological polar surface area (TPSA) is 47.4 Å². The van der Waals surface area contributed by atoms with Crippen molar-refractivity contribution in [2.75, 3.05) is 13.6 Å². The van der Waals surface area contributed by atoms with Crippen molar-refractivity contribution in [3.63, 3.8) is 0 Å². The molecule has 0 spiro atoms. The number of hydrogen-bond donors (Lipinski definition) is 0. The number of carbonyl (C=O) groups excluding carboxylic acids is 1. The van der Waals surface area contributed by atoms with E-state index in [9.17, 15) is 4.79 Å². The molecular formula is C29H35N3O2. The summed E-state index contributed by atoms with van der Waals surface area (Å²) in [5.41, 5.74) is 6.30. The lowest BCUT2D eigenvalue weighted by molar-refractivity contribution is 0.0321. The summed E-state index contributed by atoms with van der Waals surface area (Å²) in [6.07, 6.45) is 1.37. The van der Waals surface area contributed by atoms with E-state index in [4.69, 9.17) is 9.72 Å². The molecule has 1 aromatic carbocycles. The molecule has 0 bridgehead atoms. The summed E-state index contributed by atoms with van der Waals surface area (Å²) in [7, 11) is 1.69. The number of benzene rings is 1. The number of ether oxygens (including phenoxy) is 1. The Labute approximate surface area is 203 Å². The van der Waals surface area contributed by atoms with Crippen LogP contribution in [0.4, 0.5) is 4.79 Å². The summed E-state index contributed by atoms with van der Waals surface area (Å²) in [6, 6.07) is 16.8. The second-order valence-corrected chi connectivity index (χ2v) is 9.78. The van der Waals surface area contributed by atoms with Crippen molar-refractivity contribution in [3.8, 4) is 17.7 Å². The highest BCUT2D eigenvalue weighted by atomic mass is 16.6. The zero-order valence-corrected chi connectivity index (χ0v) is 21.4. The number of pyridine rings is 1. The molecule has 2 aromatic heterocycles. The first-order valence-corrected chi connectivity index (χ1v) is 11.7. The zero-order valence-electron chi connectivity index (χ0n) is 21.4. The highest BCUT2D eigenvalue weighted by molar-refractivity contribution is 5.68. The van der Waals surface area contributed by atoms with E-state index in [-0.39, 0.29) is 6.09 Å². The van der Waals surface area contributed by atoms with Crippen LogP contribution in [0.2, 0.25) is 0 Å². The van der Waals surface area contributed by atoms with Gasteiger partial charge in [-0.05, 0) is 102 Å². The number of rotatable bonds is 5. The lowest BCUT2D eigenvalue weighted by atomic mass is 10.0. The Hall–Kier alpha value is -3.52. The van der Waals surface area contributed by atoms with Gasteiger partial charge in [-0.3, -0.25) is 0 Å². The van der Waals surface area contributed by atoms with Gasteiger partial charge in [-0.15, -0.1) is 0 Å². The number of hydrogen-bond acceptors (Lipinski definition) is 3. The van der Waals surface area contributed by atoms with Crippen LogP contribution in [0.25, 0.3) is 5.82 Å². The second-order valence-electron chi connectivity index (χ2n) is 9.78. The lowest BCUT2D eigenvalue weighted by Crippen LogP contribution is -2.34. The Morgan fingerprint density at radius 3 is 2.41 bits per heavy atom. The second kappa shape index (κ2) is 10.6. The van der Waals surface area contributed by atoms with Crippen molar-refractivity contribution >= 4 is 6.09 Å². The van der Waals surface area contributed by atoms with Gasteiger partial charge >= 0.3 is 6.09 Å². The van der Waals surface area contributed by atoms with Crippen LogP contribution in [0.3, 0.4) is 0 Å². The van der Waals surface area contributed by atoms with Crippen molar-refractivity contribution in [1.29, 1.82) is 0 Å². The highest BCUT2D eigenvalue weighted by Gasteiger charge is 2.18. The van der Waals surface area contributed by atoms with Crippen LogP contribution in [-0.4, -0.2) is 39.7 Å². The van der Waals surface area contributed by atoms with Crippen molar-refractivity contribution in [1.82, 2.24) is 14.5 Å². The first-order valence-electron chi connectivity index (χ1n) is 11.7. The van der Waals surface area contributed by atoms with Crippen molar-refractivity contribution in [3.05, 3.63) is 82.3 Å². The van der Waals surface area contributed by atoms with Crippen molar-refractivity contribution in [2.45, 2.75) is 60.0 Å². The lowest BCUT2D eigenvalue weighted by Gasteiger charge is -2.23. The van der Waals surface area contributed by atoms with Crippen LogP contribution in [0.5, 0.6) is 0 Å². The maximum absolute atomic E-state index is 12.1. The smallest absolute Gasteiger partial charge is 0.410 e. The minimum absolute atomic E-state index is 0.313. The summed E-state index contributed by atoms with van der Waals surface area (Å²) < 4.78 is 7.56. The molecule has 0 saturated carbocycles. The molecule has 5 heteroatoms. The third-order valence-electron chi connectivity index (χ3n) is 5.36. The first kappa shape index (κ1) is 25.1. The fourth-order valence-electron chi connectivity index (χ4n) is 3.73. The molecule has 0 radical (unpaired) electrons. The number of aryl methyl sites for hydroxylation is 5. The first-order chi connectivity index (χ1) is 16.0. The number of nitrogens with zero attached hydrogens (tertiary/aromatic N) is 3. The van der Waals surface area contributed by atoms with Crippen LogP contribution in [-0.2, 0) is 17.6 Å². The molecule has 178 valence electrons. The maximum Gasteiger partial charge on any atom is 0.410 e. The summed E-state index contributed by atoms with van der Waals surface area (Å²) in [5, 5.41) is 0. The molecule has 1 amide bonds. The molecule has 3 aromatic rings. The predicted molar refractivity (Wildman–Crippen MR) is 137 cm³/mol. The van der Waals surface area contributed by atoms with Gasteiger partial charge in [0.25, 0.3) is 0 Å². The molecule has 0 unspecified atom stereocenters. The van der Waals surface area contributed by atoms with Crippen LogP contribution >= 0.6 is 0 Å². The standard InChI is InChI=1S/C29H35N3O2/c1-21-18-26(30-27(19-21)32-22(2)13-14-23(32)3)16-15-25-11-8-10-24(20-25)12-9-17-31(7)28(33)34-29(4,5)6/h8,10-11,13-14,18-20H,15-17H2,1-7H3. The van der Waals surface area contributed by atoms with E-state index in [1.54, 1.807) is 7.05 Å². The van der Waals surface area contributed by atoms with Gasteiger partial charge in [-0.2, -0.15) is 0 Å². The molecule has 0 atom stereocenters. The van der Waals surface area contributed by atoms with Crippen LogP contribution in [0, 0.1) is 32.6 Å². The maximum atomic E-state index is 12.1. The largest absolute Gasteiger partial charge is 0.444 e. The number of amides is 1. The van der Waals surface area contributed by atoms with E-state index >= 15 is 0 Å². The van der Waals surface area contributed by atoms with Crippen LogP contribution < -0.4 is 0 Å². The van der Waals surface area contributed by atoms with E-state index < -0.39 is 5.60 Å². The van der Waals surface area contributed by atoms with Crippen molar-refractivity contribution in [2.24, 2.45) is 0 Å². The minimum atomic E-state index is -0.514.